The number of nitrogens with one attached hydrogen (secondary N) is 1. The van der Waals surface area contributed by atoms with Crippen molar-refractivity contribution in [1.29, 1.82) is 0 Å². The fourth-order valence-corrected chi connectivity index (χ4v) is 3.21. The fourth-order valence-electron chi connectivity index (χ4n) is 2.90. The van der Waals surface area contributed by atoms with Crippen molar-refractivity contribution in [1.82, 2.24) is 10.2 Å². The van der Waals surface area contributed by atoms with E-state index in [2.05, 4.69) is 21.2 Å². The number of amides is 2. The van der Waals surface area contributed by atoms with E-state index in [1.54, 1.807) is 12.1 Å². The number of aryl methyl sites for hydroxylation is 1. The monoisotopic (exact) mass is 390 g/mol. The van der Waals surface area contributed by atoms with Gasteiger partial charge in [0, 0.05) is 24.7 Å². The second-order valence-corrected chi connectivity index (χ2v) is 6.74. The Balaban J connectivity index is 1.55. The summed E-state index contributed by atoms with van der Waals surface area (Å²) in [5.41, 5.74) is 1.74. The Hall–Kier alpha value is -2.08. The third-order valence-electron chi connectivity index (χ3n) is 4.29. The largest absolute Gasteiger partial charge is 0.444 e. The third kappa shape index (κ3) is 3.70. The van der Waals surface area contributed by atoms with E-state index in [4.69, 9.17) is 4.42 Å². The van der Waals surface area contributed by atoms with E-state index in [1.165, 1.54) is 0 Å². The summed E-state index contributed by atoms with van der Waals surface area (Å²) in [6.45, 7) is 3.22. The van der Waals surface area contributed by atoms with Gasteiger partial charge in [0.15, 0.2) is 10.4 Å². The van der Waals surface area contributed by atoms with Crippen molar-refractivity contribution in [3.63, 3.8) is 0 Å². The highest BCUT2D eigenvalue weighted by atomic mass is 79.9. The van der Waals surface area contributed by atoms with Crippen molar-refractivity contribution in [2.24, 2.45) is 0 Å². The van der Waals surface area contributed by atoms with Crippen LogP contribution in [0.15, 0.2) is 45.5 Å². The van der Waals surface area contributed by atoms with E-state index in [0.717, 1.165) is 24.0 Å². The first kappa shape index (κ1) is 16.8. The molecule has 0 unspecified atom stereocenters. The predicted octanol–water partition coefficient (Wildman–Crippen LogP) is 3.39. The van der Waals surface area contributed by atoms with Crippen LogP contribution in [0.1, 0.15) is 39.3 Å². The molecule has 1 N–H and O–H groups in total. The van der Waals surface area contributed by atoms with Gasteiger partial charge in [-0.3, -0.25) is 9.59 Å². The first-order valence-electron chi connectivity index (χ1n) is 7.95. The lowest BCUT2D eigenvalue weighted by atomic mass is 10.0. The molecule has 1 aromatic carbocycles. The number of carbonyl (C=O) groups is 2. The maximum Gasteiger partial charge on any atom is 0.287 e. The summed E-state index contributed by atoms with van der Waals surface area (Å²) >= 11 is 3.19. The van der Waals surface area contributed by atoms with Crippen molar-refractivity contribution >= 4 is 27.7 Å². The number of carbonyl (C=O) groups excluding carboxylic acids is 2. The molecule has 1 saturated heterocycles. The summed E-state index contributed by atoms with van der Waals surface area (Å²) in [5.74, 6) is 0.137. The lowest BCUT2D eigenvalue weighted by molar-refractivity contribution is 0.0695. The van der Waals surface area contributed by atoms with Gasteiger partial charge in [-0.1, -0.05) is 18.2 Å². The summed E-state index contributed by atoms with van der Waals surface area (Å²) in [6, 6.07) is 11.0. The van der Waals surface area contributed by atoms with Crippen molar-refractivity contribution in [2.45, 2.75) is 25.8 Å². The molecule has 2 amide bonds. The number of furan rings is 1. The molecule has 0 radical (unpaired) electrons. The Morgan fingerprint density at radius 1 is 1.17 bits per heavy atom. The molecule has 0 saturated carbocycles. The Labute approximate surface area is 149 Å². The zero-order valence-corrected chi connectivity index (χ0v) is 15.0. The molecule has 2 heterocycles. The number of piperidine rings is 1. The topological polar surface area (TPSA) is 62.6 Å². The van der Waals surface area contributed by atoms with Gasteiger partial charge in [0.1, 0.15) is 0 Å². The molecule has 1 fully saturated rings. The van der Waals surface area contributed by atoms with Crippen molar-refractivity contribution in [3.8, 4) is 0 Å². The predicted molar refractivity (Wildman–Crippen MR) is 94.0 cm³/mol. The van der Waals surface area contributed by atoms with Crippen LogP contribution >= 0.6 is 15.9 Å². The van der Waals surface area contributed by atoms with E-state index >= 15 is 0 Å². The van der Waals surface area contributed by atoms with Gasteiger partial charge in [0.25, 0.3) is 11.8 Å². The number of rotatable bonds is 3. The number of nitrogens with zero attached hydrogens (tertiary/aromatic N) is 1. The van der Waals surface area contributed by atoms with Crippen molar-refractivity contribution < 1.29 is 14.0 Å². The molecule has 1 aliphatic heterocycles. The quantitative estimate of drug-likeness (QED) is 0.873. The average Bonchev–Trinajstić information content (AvgIpc) is 3.02. The van der Waals surface area contributed by atoms with Gasteiger partial charge in [0.2, 0.25) is 0 Å². The molecule has 5 nitrogen and oxygen atoms in total. The number of likely N-dealkylation sites (tertiary alicyclic amines) is 1. The minimum absolute atomic E-state index is 0.0577. The number of benzene rings is 1. The highest BCUT2D eigenvalue weighted by Gasteiger charge is 2.26. The first-order chi connectivity index (χ1) is 11.5. The molecular formula is C18H19BrN2O3. The number of halogens is 1. The standard InChI is InChI=1S/C18H19BrN2O3/c1-12-4-2-3-5-14(12)18(23)21-10-8-13(9-11-21)20-17(22)15-6-7-16(19)24-15/h2-7,13H,8-11H2,1H3,(H,20,22). The SMILES string of the molecule is Cc1ccccc1C(=O)N1CCC(NC(=O)c2ccc(Br)o2)CC1. The molecule has 3 rings (SSSR count). The Morgan fingerprint density at radius 3 is 2.50 bits per heavy atom. The normalized spacial score (nSPS) is 15.3. The highest BCUT2D eigenvalue weighted by Crippen LogP contribution is 2.18. The Morgan fingerprint density at radius 2 is 1.88 bits per heavy atom. The Bertz CT molecular complexity index is 748. The van der Waals surface area contributed by atoms with Gasteiger partial charge in [-0.2, -0.15) is 0 Å². The van der Waals surface area contributed by atoms with Crippen LogP contribution in [0.5, 0.6) is 0 Å². The van der Waals surface area contributed by atoms with Gasteiger partial charge in [-0.25, -0.2) is 0 Å². The molecule has 126 valence electrons. The van der Waals surface area contributed by atoms with Crippen LogP contribution in [0.3, 0.4) is 0 Å². The first-order valence-corrected chi connectivity index (χ1v) is 8.75. The minimum Gasteiger partial charge on any atom is -0.444 e. The van der Waals surface area contributed by atoms with Crippen LogP contribution in [0, 0.1) is 6.92 Å². The molecule has 1 aliphatic rings. The lowest BCUT2D eigenvalue weighted by Crippen LogP contribution is -2.46. The maximum absolute atomic E-state index is 12.6. The molecule has 6 heteroatoms. The second kappa shape index (κ2) is 7.21. The van der Waals surface area contributed by atoms with Crippen LogP contribution in [0.25, 0.3) is 0 Å². The third-order valence-corrected chi connectivity index (χ3v) is 4.72. The lowest BCUT2D eigenvalue weighted by Gasteiger charge is -2.32. The van der Waals surface area contributed by atoms with E-state index in [1.807, 2.05) is 36.1 Å². The van der Waals surface area contributed by atoms with Gasteiger partial charge in [-0.05, 0) is 59.5 Å². The zero-order valence-electron chi connectivity index (χ0n) is 13.4. The molecular weight excluding hydrogens is 372 g/mol. The summed E-state index contributed by atoms with van der Waals surface area (Å²) in [4.78, 5) is 26.5. The molecule has 0 spiro atoms. The van der Waals surface area contributed by atoms with Crippen molar-refractivity contribution in [3.05, 3.63) is 58.0 Å². The van der Waals surface area contributed by atoms with Crippen LogP contribution in [0.4, 0.5) is 0 Å². The van der Waals surface area contributed by atoms with Crippen LogP contribution in [-0.4, -0.2) is 35.8 Å². The summed E-state index contributed by atoms with van der Waals surface area (Å²) in [7, 11) is 0. The molecule has 1 aromatic heterocycles. The molecule has 0 atom stereocenters. The van der Waals surface area contributed by atoms with Gasteiger partial charge < -0.3 is 14.6 Å². The number of hydrogen-bond donors (Lipinski definition) is 1. The van der Waals surface area contributed by atoms with E-state index in [-0.39, 0.29) is 17.9 Å². The average molecular weight is 391 g/mol. The van der Waals surface area contributed by atoms with E-state index in [0.29, 0.717) is 23.5 Å². The Kier molecular flexibility index (Phi) is 5.04. The van der Waals surface area contributed by atoms with E-state index < -0.39 is 0 Å². The maximum atomic E-state index is 12.6. The van der Waals surface area contributed by atoms with Gasteiger partial charge >= 0.3 is 0 Å². The summed E-state index contributed by atoms with van der Waals surface area (Å²) < 4.78 is 5.79. The molecule has 2 aromatic rings. The van der Waals surface area contributed by atoms with Gasteiger partial charge in [0.05, 0.1) is 0 Å². The smallest absolute Gasteiger partial charge is 0.287 e. The minimum atomic E-state index is -0.218. The summed E-state index contributed by atoms with van der Waals surface area (Å²) in [5, 5.41) is 2.97. The fraction of sp³-hybridized carbons (Fsp3) is 0.333. The van der Waals surface area contributed by atoms with Crippen LogP contribution < -0.4 is 5.32 Å². The zero-order chi connectivity index (χ0) is 17.1. The van der Waals surface area contributed by atoms with Crippen LogP contribution in [-0.2, 0) is 0 Å². The molecule has 0 bridgehead atoms. The van der Waals surface area contributed by atoms with Gasteiger partial charge in [-0.15, -0.1) is 0 Å². The second-order valence-electron chi connectivity index (χ2n) is 5.96. The molecule has 24 heavy (non-hydrogen) atoms. The highest BCUT2D eigenvalue weighted by molar-refractivity contribution is 9.10. The van der Waals surface area contributed by atoms with Crippen LogP contribution in [0.2, 0.25) is 0 Å². The number of hydrogen-bond acceptors (Lipinski definition) is 3. The van der Waals surface area contributed by atoms with Crippen molar-refractivity contribution in [2.75, 3.05) is 13.1 Å². The molecule has 0 aliphatic carbocycles. The summed E-state index contributed by atoms with van der Waals surface area (Å²) in [6.07, 6.45) is 1.48. The van der Waals surface area contributed by atoms with E-state index in [9.17, 15) is 9.59 Å².